The fourth-order valence-electron chi connectivity index (χ4n) is 2.26. The van der Waals surface area contributed by atoms with E-state index in [1.54, 1.807) is 29.2 Å². The molecule has 0 amide bonds. The monoisotopic (exact) mass is 296 g/mol. The molecular formula is C13H16N2O4S. The van der Waals surface area contributed by atoms with Gasteiger partial charge in [-0.1, -0.05) is 12.1 Å². The highest BCUT2D eigenvalue weighted by atomic mass is 32.2. The maximum atomic E-state index is 12.3. The molecule has 1 aromatic carbocycles. The molecule has 0 aromatic heterocycles. The van der Waals surface area contributed by atoms with Crippen molar-refractivity contribution in [2.45, 2.75) is 23.8 Å². The Labute approximate surface area is 117 Å². The number of hydrogen-bond acceptors (Lipinski definition) is 4. The standard InChI is InChI=1S/C13H16N2O4S/c16-13(17)9-7-15(8-9)11-3-1-2-4-12(11)20(18,19)14-10-5-6-10/h1-4,9-10,14H,5-8H2,(H,16,17). The first-order valence-corrected chi connectivity index (χ1v) is 8.05. The van der Waals surface area contributed by atoms with Crippen LogP contribution in [0.5, 0.6) is 0 Å². The van der Waals surface area contributed by atoms with Crippen molar-refractivity contribution in [1.29, 1.82) is 0 Å². The molecule has 1 aromatic rings. The Balaban J connectivity index is 1.84. The largest absolute Gasteiger partial charge is 0.481 e. The molecule has 1 aliphatic heterocycles. The van der Waals surface area contributed by atoms with E-state index >= 15 is 0 Å². The first-order chi connectivity index (χ1) is 9.47. The summed E-state index contributed by atoms with van der Waals surface area (Å²) in [4.78, 5) is 12.9. The van der Waals surface area contributed by atoms with Gasteiger partial charge in [0.2, 0.25) is 10.0 Å². The zero-order valence-electron chi connectivity index (χ0n) is 10.8. The summed E-state index contributed by atoms with van der Waals surface area (Å²) in [6, 6.07) is 6.78. The number of hydrogen-bond donors (Lipinski definition) is 2. The molecule has 2 fully saturated rings. The van der Waals surface area contributed by atoms with Gasteiger partial charge in [-0.2, -0.15) is 0 Å². The summed E-state index contributed by atoms with van der Waals surface area (Å²) in [5.41, 5.74) is 0.582. The number of nitrogens with zero attached hydrogens (tertiary/aromatic N) is 1. The van der Waals surface area contributed by atoms with Crippen LogP contribution >= 0.6 is 0 Å². The Morgan fingerprint density at radius 1 is 1.25 bits per heavy atom. The minimum atomic E-state index is -3.53. The molecule has 1 saturated carbocycles. The van der Waals surface area contributed by atoms with E-state index in [-0.39, 0.29) is 10.9 Å². The van der Waals surface area contributed by atoms with Gasteiger partial charge >= 0.3 is 5.97 Å². The number of para-hydroxylation sites is 1. The Morgan fingerprint density at radius 2 is 1.90 bits per heavy atom. The Bertz CT molecular complexity index is 634. The van der Waals surface area contributed by atoms with Crippen molar-refractivity contribution in [3.63, 3.8) is 0 Å². The summed E-state index contributed by atoms with van der Waals surface area (Å²) in [7, 11) is -3.53. The molecule has 2 N–H and O–H groups in total. The highest BCUT2D eigenvalue weighted by Crippen LogP contribution is 2.32. The highest BCUT2D eigenvalue weighted by molar-refractivity contribution is 7.89. The first kappa shape index (κ1) is 13.4. The predicted molar refractivity (Wildman–Crippen MR) is 73.1 cm³/mol. The van der Waals surface area contributed by atoms with Crippen LogP contribution in [0.15, 0.2) is 29.2 Å². The lowest BCUT2D eigenvalue weighted by atomic mass is 10.00. The second kappa shape index (κ2) is 4.75. The van der Waals surface area contributed by atoms with Crippen molar-refractivity contribution in [2.75, 3.05) is 18.0 Å². The highest BCUT2D eigenvalue weighted by Gasteiger charge is 2.36. The third kappa shape index (κ3) is 2.51. The Kier molecular flexibility index (Phi) is 3.18. The quantitative estimate of drug-likeness (QED) is 0.833. The molecule has 7 heteroatoms. The second-order valence-electron chi connectivity index (χ2n) is 5.30. The van der Waals surface area contributed by atoms with Gasteiger partial charge in [-0.3, -0.25) is 4.79 Å². The maximum absolute atomic E-state index is 12.3. The van der Waals surface area contributed by atoms with Crippen LogP contribution in [0.3, 0.4) is 0 Å². The van der Waals surface area contributed by atoms with E-state index in [4.69, 9.17) is 5.11 Å². The molecule has 108 valence electrons. The SMILES string of the molecule is O=C(O)C1CN(c2ccccc2S(=O)(=O)NC2CC2)C1. The zero-order chi connectivity index (χ0) is 14.3. The van der Waals surface area contributed by atoms with E-state index in [2.05, 4.69) is 4.72 Å². The third-order valence-corrected chi connectivity index (χ3v) is 5.19. The van der Waals surface area contributed by atoms with Crippen molar-refractivity contribution in [1.82, 2.24) is 4.72 Å². The van der Waals surface area contributed by atoms with E-state index in [9.17, 15) is 13.2 Å². The summed E-state index contributed by atoms with van der Waals surface area (Å²) >= 11 is 0. The lowest BCUT2D eigenvalue weighted by molar-refractivity contribution is -0.142. The van der Waals surface area contributed by atoms with Crippen molar-refractivity contribution in [2.24, 2.45) is 5.92 Å². The molecule has 0 radical (unpaired) electrons. The van der Waals surface area contributed by atoms with Gasteiger partial charge in [0, 0.05) is 19.1 Å². The van der Waals surface area contributed by atoms with Crippen LogP contribution in [-0.4, -0.2) is 38.6 Å². The number of nitrogens with one attached hydrogen (secondary N) is 1. The molecule has 0 spiro atoms. The molecule has 3 rings (SSSR count). The van der Waals surface area contributed by atoms with Crippen molar-refractivity contribution < 1.29 is 18.3 Å². The molecular weight excluding hydrogens is 280 g/mol. The van der Waals surface area contributed by atoms with E-state index in [0.29, 0.717) is 18.8 Å². The second-order valence-corrected chi connectivity index (χ2v) is 6.99. The summed E-state index contributed by atoms with van der Waals surface area (Å²) in [5.74, 6) is -1.25. The number of sulfonamides is 1. The van der Waals surface area contributed by atoms with Gasteiger partial charge in [-0.05, 0) is 25.0 Å². The molecule has 6 nitrogen and oxygen atoms in total. The smallest absolute Gasteiger partial charge is 0.310 e. The minimum absolute atomic E-state index is 0.0521. The molecule has 0 unspecified atom stereocenters. The molecule has 1 aliphatic carbocycles. The fourth-order valence-corrected chi connectivity index (χ4v) is 3.79. The summed E-state index contributed by atoms with van der Waals surface area (Å²) in [6.45, 7) is 0.705. The normalized spacial score (nSPS) is 19.7. The number of anilines is 1. The first-order valence-electron chi connectivity index (χ1n) is 6.56. The van der Waals surface area contributed by atoms with E-state index in [0.717, 1.165) is 12.8 Å². The maximum Gasteiger partial charge on any atom is 0.310 e. The molecule has 1 saturated heterocycles. The topological polar surface area (TPSA) is 86.7 Å². The van der Waals surface area contributed by atoms with E-state index < -0.39 is 21.9 Å². The van der Waals surface area contributed by atoms with Crippen molar-refractivity contribution in [3.05, 3.63) is 24.3 Å². The van der Waals surface area contributed by atoms with Crippen molar-refractivity contribution in [3.8, 4) is 0 Å². The Hall–Kier alpha value is -1.60. The predicted octanol–water partition coefficient (Wildman–Crippen LogP) is 0.648. The fraction of sp³-hybridized carbons (Fsp3) is 0.462. The molecule has 1 heterocycles. The van der Waals surface area contributed by atoms with Gasteiger partial charge in [-0.15, -0.1) is 0 Å². The molecule has 20 heavy (non-hydrogen) atoms. The molecule has 2 aliphatic rings. The number of rotatable bonds is 5. The van der Waals surface area contributed by atoms with Crippen LogP contribution in [-0.2, 0) is 14.8 Å². The summed E-state index contributed by atoms with van der Waals surface area (Å²) < 4.78 is 27.3. The van der Waals surface area contributed by atoms with Gasteiger partial charge in [0.1, 0.15) is 4.90 Å². The van der Waals surface area contributed by atoms with E-state index in [1.807, 2.05) is 0 Å². The molecule has 0 bridgehead atoms. The number of carbonyl (C=O) groups is 1. The van der Waals surface area contributed by atoms with Gasteiger partial charge in [0.05, 0.1) is 11.6 Å². The van der Waals surface area contributed by atoms with Crippen LogP contribution in [0.4, 0.5) is 5.69 Å². The lowest BCUT2D eigenvalue weighted by Crippen LogP contribution is -2.51. The average Bonchev–Trinajstić information content (AvgIpc) is 3.10. The van der Waals surface area contributed by atoms with Gasteiger partial charge in [0.15, 0.2) is 0 Å². The summed E-state index contributed by atoms with van der Waals surface area (Å²) in [5, 5.41) is 8.90. The van der Waals surface area contributed by atoms with Crippen LogP contribution in [0.25, 0.3) is 0 Å². The average molecular weight is 296 g/mol. The molecule has 0 atom stereocenters. The van der Waals surface area contributed by atoms with Gasteiger partial charge < -0.3 is 10.0 Å². The number of aliphatic carboxylic acids is 1. The Morgan fingerprint density at radius 3 is 2.50 bits per heavy atom. The lowest BCUT2D eigenvalue weighted by Gasteiger charge is -2.39. The zero-order valence-corrected chi connectivity index (χ0v) is 11.6. The van der Waals surface area contributed by atoms with Crippen molar-refractivity contribution >= 4 is 21.7 Å². The number of carboxylic acid groups (broad SMARTS) is 1. The number of benzene rings is 1. The van der Waals surface area contributed by atoms with Crippen LogP contribution in [0.1, 0.15) is 12.8 Å². The van der Waals surface area contributed by atoms with Crippen LogP contribution in [0, 0.1) is 5.92 Å². The van der Waals surface area contributed by atoms with Crippen LogP contribution in [0.2, 0.25) is 0 Å². The number of carboxylic acids is 1. The third-order valence-electron chi connectivity index (χ3n) is 3.63. The minimum Gasteiger partial charge on any atom is -0.481 e. The van der Waals surface area contributed by atoms with Gasteiger partial charge in [0.25, 0.3) is 0 Å². The van der Waals surface area contributed by atoms with Gasteiger partial charge in [-0.25, -0.2) is 13.1 Å². The van der Waals surface area contributed by atoms with E-state index in [1.165, 1.54) is 0 Å². The summed E-state index contributed by atoms with van der Waals surface area (Å²) in [6.07, 6.45) is 1.76. The van der Waals surface area contributed by atoms with Crippen LogP contribution < -0.4 is 9.62 Å².